The van der Waals surface area contributed by atoms with E-state index in [1.165, 1.54) is 11.3 Å². The number of fused-ring (bicyclic) bond motifs is 1. The van der Waals surface area contributed by atoms with Gasteiger partial charge in [0, 0.05) is 40.6 Å². The molecule has 1 N–H and O–H groups in total. The Balaban J connectivity index is 1.26. The number of benzene rings is 2. The first-order valence-electron chi connectivity index (χ1n) is 11.2. The summed E-state index contributed by atoms with van der Waals surface area (Å²) in [5, 5.41) is 14.3. The smallest absolute Gasteiger partial charge is 0.227 e. The number of anilines is 2. The van der Waals surface area contributed by atoms with E-state index in [1.807, 2.05) is 84.9 Å². The molecule has 0 unspecified atom stereocenters. The number of hydrogen-bond donors (Lipinski definition) is 1. The third kappa shape index (κ3) is 4.49. The van der Waals surface area contributed by atoms with Crippen LogP contribution in [0.2, 0.25) is 4.34 Å². The molecular weight excluding hydrogens is 490 g/mol. The highest BCUT2D eigenvalue weighted by molar-refractivity contribution is 7.19. The van der Waals surface area contributed by atoms with Crippen molar-refractivity contribution in [2.24, 2.45) is 0 Å². The lowest BCUT2D eigenvalue weighted by molar-refractivity contribution is 0.465. The molecule has 0 bridgehead atoms. The first-order chi connectivity index (χ1) is 17.7. The van der Waals surface area contributed by atoms with Crippen LogP contribution in [0.15, 0.2) is 104 Å². The zero-order chi connectivity index (χ0) is 24.3. The molecule has 0 spiro atoms. The van der Waals surface area contributed by atoms with E-state index in [0.717, 1.165) is 42.5 Å². The van der Waals surface area contributed by atoms with Crippen molar-refractivity contribution in [3.8, 4) is 33.3 Å². The summed E-state index contributed by atoms with van der Waals surface area (Å²) < 4.78 is 6.83. The number of nitrogens with zero attached hydrogens (tertiary/aromatic N) is 4. The summed E-state index contributed by atoms with van der Waals surface area (Å²) in [6.45, 7) is 0. The molecule has 4 heterocycles. The SMILES string of the molecule is Clc1ccc(-c2nnc(Nc3ccc(Oc4ncccc4-c4ccncc4)cc3)c3ccccc23)s1. The van der Waals surface area contributed by atoms with Gasteiger partial charge in [0.05, 0.1) is 9.21 Å². The number of ether oxygens (including phenoxy) is 1. The summed E-state index contributed by atoms with van der Waals surface area (Å²) in [4.78, 5) is 9.50. The number of thiophene rings is 1. The maximum atomic E-state index is 6.14. The maximum absolute atomic E-state index is 6.14. The molecule has 6 rings (SSSR count). The molecule has 36 heavy (non-hydrogen) atoms. The van der Waals surface area contributed by atoms with Crippen LogP contribution >= 0.6 is 22.9 Å². The van der Waals surface area contributed by atoms with Gasteiger partial charge in [-0.15, -0.1) is 21.5 Å². The predicted octanol–water partition coefficient (Wildman–Crippen LogP) is 8.00. The van der Waals surface area contributed by atoms with Crippen molar-refractivity contribution in [1.82, 2.24) is 20.2 Å². The van der Waals surface area contributed by atoms with Gasteiger partial charge < -0.3 is 10.1 Å². The molecule has 8 heteroatoms. The summed E-state index contributed by atoms with van der Waals surface area (Å²) in [6.07, 6.45) is 5.22. The molecule has 0 saturated carbocycles. The molecule has 6 nitrogen and oxygen atoms in total. The monoisotopic (exact) mass is 507 g/mol. The van der Waals surface area contributed by atoms with Gasteiger partial charge in [0.1, 0.15) is 11.4 Å². The Hall–Kier alpha value is -4.33. The third-order valence-corrected chi connectivity index (χ3v) is 6.83. The Morgan fingerprint density at radius 1 is 0.750 bits per heavy atom. The molecule has 174 valence electrons. The maximum Gasteiger partial charge on any atom is 0.227 e. The fourth-order valence-electron chi connectivity index (χ4n) is 3.90. The van der Waals surface area contributed by atoms with Crippen LogP contribution in [-0.4, -0.2) is 20.2 Å². The molecule has 0 aliphatic carbocycles. The van der Waals surface area contributed by atoms with Crippen LogP contribution in [0.4, 0.5) is 11.5 Å². The average molecular weight is 508 g/mol. The van der Waals surface area contributed by atoms with Crippen LogP contribution in [0, 0.1) is 0 Å². The lowest BCUT2D eigenvalue weighted by Crippen LogP contribution is -1.99. The Kier molecular flexibility index (Phi) is 5.99. The van der Waals surface area contributed by atoms with Gasteiger partial charge in [0.2, 0.25) is 5.88 Å². The number of pyridine rings is 2. The highest BCUT2D eigenvalue weighted by atomic mass is 35.5. The van der Waals surface area contributed by atoms with E-state index in [4.69, 9.17) is 16.3 Å². The van der Waals surface area contributed by atoms with Crippen LogP contribution in [0.3, 0.4) is 0 Å². The molecule has 2 aromatic carbocycles. The lowest BCUT2D eigenvalue weighted by Gasteiger charge is -2.12. The minimum atomic E-state index is 0.533. The Bertz CT molecular complexity index is 1650. The zero-order valence-electron chi connectivity index (χ0n) is 18.8. The molecule has 6 aromatic rings. The van der Waals surface area contributed by atoms with E-state index in [0.29, 0.717) is 17.4 Å². The summed E-state index contributed by atoms with van der Waals surface area (Å²) in [5.41, 5.74) is 3.57. The second-order valence-electron chi connectivity index (χ2n) is 7.89. The van der Waals surface area contributed by atoms with Crippen molar-refractivity contribution >= 4 is 45.2 Å². The Morgan fingerprint density at radius 3 is 2.33 bits per heavy atom. The molecule has 0 aliphatic heterocycles. The van der Waals surface area contributed by atoms with Crippen LogP contribution in [0.1, 0.15) is 0 Å². The minimum absolute atomic E-state index is 0.533. The van der Waals surface area contributed by atoms with Crippen LogP contribution in [0.5, 0.6) is 11.6 Å². The van der Waals surface area contributed by atoms with Crippen molar-refractivity contribution in [3.05, 3.63) is 108 Å². The highest BCUT2D eigenvalue weighted by Gasteiger charge is 2.13. The molecule has 0 saturated heterocycles. The van der Waals surface area contributed by atoms with Crippen molar-refractivity contribution in [2.75, 3.05) is 5.32 Å². The van der Waals surface area contributed by atoms with Crippen molar-refractivity contribution < 1.29 is 4.74 Å². The number of hydrogen-bond acceptors (Lipinski definition) is 7. The quantitative estimate of drug-likeness (QED) is 0.246. The number of nitrogens with one attached hydrogen (secondary N) is 1. The van der Waals surface area contributed by atoms with Gasteiger partial charge in [-0.1, -0.05) is 35.9 Å². The highest BCUT2D eigenvalue weighted by Crippen LogP contribution is 2.36. The second kappa shape index (κ2) is 9.73. The van der Waals surface area contributed by atoms with Crippen molar-refractivity contribution in [2.45, 2.75) is 0 Å². The topological polar surface area (TPSA) is 72.8 Å². The average Bonchev–Trinajstić information content (AvgIpc) is 3.36. The molecule has 0 amide bonds. The standard InChI is InChI=1S/C28H18ClN5OS/c29-25-12-11-24(36-25)26-22-4-1-2-5-23(22)27(34-33-26)32-19-7-9-20(10-8-19)35-28-21(6-3-15-31-28)18-13-16-30-17-14-18/h1-17H,(H,32,34). The van der Waals surface area contributed by atoms with E-state index in [-0.39, 0.29) is 0 Å². The Labute approximate surface area is 216 Å². The predicted molar refractivity (Wildman–Crippen MR) is 145 cm³/mol. The van der Waals surface area contributed by atoms with Gasteiger partial charge in [0.15, 0.2) is 5.82 Å². The van der Waals surface area contributed by atoms with Gasteiger partial charge in [-0.25, -0.2) is 4.98 Å². The van der Waals surface area contributed by atoms with E-state index in [9.17, 15) is 0 Å². The summed E-state index contributed by atoms with van der Waals surface area (Å²) in [5.74, 6) is 1.89. The lowest BCUT2D eigenvalue weighted by atomic mass is 10.1. The fourth-order valence-corrected chi connectivity index (χ4v) is 4.94. The Morgan fingerprint density at radius 2 is 1.56 bits per heavy atom. The van der Waals surface area contributed by atoms with Gasteiger partial charge in [0.25, 0.3) is 0 Å². The number of rotatable bonds is 6. The van der Waals surface area contributed by atoms with Gasteiger partial charge in [-0.2, -0.15) is 0 Å². The van der Waals surface area contributed by atoms with E-state index < -0.39 is 0 Å². The van der Waals surface area contributed by atoms with E-state index in [1.54, 1.807) is 18.6 Å². The van der Waals surface area contributed by atoms with Gasteiger partial charge in [-0.05, 0) is 66.2 Å². The van der Waals surface area contributed by atoms with E-state index >= 15 is 0 Å². The third-order valence-electron chi connectivity index (χ3n) is 5.59. The first kappa shape index (κ1) is 22.2. The molecule has 0 radical (unpaired) electrons. The van der Waals surface area contributed by atoms with E-state index in [2.05, 4.69) is 25.5 Å². The summed E-state index contributed by atoms with van der Waals surface area (Å²) in [7, 11) is 0. The second-order valence-corrected chi connectivity index (χ2v) is 9.61. The number of halogens is 1. The first-order valence-corrected chi connectivity index (χ1v) is 12.4. The number of aromatic nitrogens is 4. The summed E-state index contributed by atoms with van der Waals surface area (Å²) in [6, 6.07) is 27.3. The van der Waals surface area contributed by atoms with Gasteiger partial charge >= 0.3 is 0 Å². The van der Waals surface area contributed by atoms with Crippen LogP contribution in [0.25, 0.3) is 32.5 Å². The minimum Gasteiger partial charge on any atom is -0.438 e. The largest absolute Gasteiger partial charge is 0.438 e. The van der Waals surface area contributed by atoms with Crippen LogP contribution in [-0.2, 0) is 0 Å². The normalized spacial score (nSPS) is 10.9. The molecule has 0 aliphatic rings. The molecule has 0 atom stereocenters. The fraction of sp³-hybridized carbons (Fsp3) is 0. The molecular formula is C28H18ClN5OS. The zero-order valence-corrected chi connectivity index (χ0v) is 20.4. The van der Waals surface area contributed by atoms with Crippen molar-refractivity contribution in [3.63, 3.8) is 0 Å². The van der Waals surface area contributed by atoms with Gasteiger partial charge in [-0.3, -0.25) is 4.98 Å². The van der Waals surface area contributed by atoms with Crippen LogP contribution < -0.4 is 10.1 Å². The van der Waals surface area contributed by atoms with Crippen molar-refractivity contribution in [1.29, 1.82) is 0 Å². The molecule has 4 aromatic heterocycles. The summed E-state index contributed by atoms with van der Waals surface area (Å²) >= 11 is 7.63. The molecule has 0 fully saturated rings.